The summed E-state index contributed by atoms with van der Waals surface area (Å²) in [6.07, 6.45) is 0.799. The highest BCUT2D eigenvalue weighted by molar-refractivity contribution is 5.70. The lowest BCUT2D eigenvalue weighted by molar-refractivity contribution is 0.657. The number of anilines is 1. The van der Waals surface area contributed by atoms with E-state index in [1.165, 1.54) is 0 Å². The van der Waals surface area contributed by atoms with E-state index in [1.807, 2.05) is 6.92 Å². The lowest BCUT2D eigenvalue weighted by Gasteiger charge is -2.04. The second-order valence-corrected chi connectivity index (χ2v) is 3.75. The van der Waals surface area contributed by atoms with Crippen molar-refractivity contribution in [1.29, 1.82) is 0 Å². The van der Waals surface area contributed by atoms with E-state index in [4.69, 9.17) is 11.5 Å². The maximum atomic E-state index is 11.5. The van der Waals surface area contributed by atoms with Crippen LogP contribution in [0.2, 0.25) is 0 Å². The molecule has 16 heavy (non-hydrogen) atoms. The molecule has 1 atom stereocenters. The van der Waals surface area contributed by atoms with Crippen LogP contribution in [0.4, 0.5) is 5.95 Å². The highest BCUT2D eigenvalue weighted by Crippen LogP contribution is 2.16. The zero-order valence-electron chi connectivity index (χ0n) is 8.95. The number of nitrogens with two attached hydrogens (primary N) is 2. The Kier molecular flexibility index (Phi) is 2.61. The van der Waals surface area contributed by atoms with Crippen molar-refractivity contribution in [2.45, 2.75) is 19.3 Å². The van der Waals surface area contributed by atoms with Crippen LogP contribution in [0, 0.1) is 0 Å². The average molecular weight is 222 g/mol. The van der Waals surface area contributed by atoms with Gasteiger partial charge in [0.15, 0.2) is 11.2 Å². The van der Waals surface area contributed by atoms with Crippen LogP contribution < -0.4 is 17.0 Å². The van der Waals surface area contributed by atoms with Gasteiger partial charge in [-0.15, -0.1) is 0 Å². The summed E-state index contributed by atoms with van der Waals surface area (Å²) in [6, 6.07) is 0. The van der Waals surface area contributed by atoms with Gasteiger partial charge in [-0.2, -0.15) is 4.98 Å². The van der Waals surface area contributed by atoms with Crippen molar-refractivity contribution in [2.24, 2.45) is 5.73 Å². The SMILES string of the molecule is CC(CCN)c1nc2nc(N)[nH]c(=O)c2[nH]1. The summed E-state index contributed by atoms with van der Waals surface area (Å²) in [5.74, 6) is 0.950. The quantitative estimate of drug-likeness (QED) is 0.566. The molecule has 2 heterocycles. The number of fused-ring (bicyclic) bond motifs is 1. The molecule has 0 spiro atoms. The van der Waals surface area contributed by atoms with Gasteiger partial charge in [0.25, 0.3) is 5.56 Å². The summed E-state index contributed by atoms with van der Waals surface area (Å²) in [5.41, 5.74) is 11.3. The topological polar surface area (TPSA) is 126 Å². The van der Waals surface area contributed by atoms with Crippen LogP contribution in [0.15, 0.2) is 4.79 Å². The first kappa shape index (κ1) is 10.6. The first-order valence-corrected chi connectivity index (χ1v) is 5.07. The summed E-state index contributed by atoms with van der Waals surface area (Å²) in [4.78, 5) is 25.1. The number of nitrogens with zero attached hydrogens (tertiary/aromatic N) is 2. The number of rotatable bonds is 3. The van der Waals surface area contributed by atoms with E-state index >= 15 is 0 Å². The Morgan fingerprint density at radius 1 is 1.38 bits per heavy atom. The molecule has 0 aliphatic rings. The summed E-state index contributed by atoms with van der Waals surface area (Å²) >= 11 is 0. The molecule has 0 saturated heterocycles. The predicted molar refractivity (Wildman–Crippen MR) is 61.0 cm³/mol. The molecular formula is C9H14N6O. The van der Waals surface area contributed by atoms with Crippen molar-refractivity contribution in [2.75, 3.05) is 12.3 Å². The molecule has 1 unspecified atom stereocenters. The second kappa shape index (κ2) is 3.93. The van der Waals surface area contributed by atoms with Gasteiger partial charge in [0.05, 0.1) is 0 Å². The number of nitrogen functional groups attached to an aromatic ring is 1. The van der Waals surface area contributed by atoms with Gasteiger partial charge >= 0.3 is 0 Å². The molecule has 0 radical (unpaired) electrons. The summed E-state index contributed by atoms with van der Waals surface area (Å²) < 4.78 is 0. The monoisotopic (exact) mass is 222 g/mol. The molecule has 0 fully saturated rings. The van der Waals surface area contributed by atoms with Gasteiger partial charge in [-0.05, 0) is 13.0 Å². The first-order chi connectivity index (χ1) is 7.61. The Morgan fingerprint density at radius 2 is 2.12 bits per heavy atom. The van der Waals surface area contributed by atoms with E-state index < -0.39 is 0 Å². The molecular weight excluding hydrogens is 208 g/mol. The third-order valence-corrected chi connectivity index (χ3v) is 2.46. The van der Waals surface area contributed by atoms with Crippen LogP contribution in [0.1, 0.15) is 25.1 Å². The molecule has 6 N–H and O–H groups in total. The highest BCUT2D eigenvalue weighted by atomic mass is 16.1. The van der Waals surface area contributed by atoms with Crippen molar-refractivity contribution in [3.05, 3.63) is 16.2 Å². The number of nitrogens with one attached hydrogen (secondary N) is 2. The van der Waals surface area contributed by atoms with Crippen molar-refractivity contribution < 1.29 is 0 Å². The normalized spacial score (nSPS) is 13.1. The van der Waals surface area contributed by atoms with E-state index in [2.05, 4.69) is 19.9 Å². The largest absolute Gasteiger partial charge is 0.369 e. The van der Waals surface area contributed by atoms with Gasteiger partial charge < -0.3 is 16.5 Å². The number of H-pyrrole nitrogens is 2. The van der Waals surface area contributed by atoms with Crippen LogP contribution >= 0.6 is 0 Å². The number of aromatic amines is 2. The summed E-state index contributed by atoms with van der Waals surface area (Å²) in [7, 11) is 0. The Labute approximate surface area is 91.3 Å². The third-order valence-electron chi connectivity index (χ3n) is 2.46. The Balaban J connectivity index is 2.51. The van der Waals surface area contributed by atoms with E-state index in [-0.39, 0.29) is 17.4 Å². The van der Waals surface area contributed by atoms with Gasteiger partial charge in [0, 0.05) is 5.92 Å². The van der Waals surface area contributed by atoms with E-state index in [9.17, 15) is 4.79 Å². The number of hydrogen-bond donors (Lipinski definition) is 4. The predicted octanol–water partition coefficient (Wildman–Crippen LogP) is -0.319. The second-order valence-electron chi connectivity index (χ2n) is 3.75. The van der Waals surface area contributed by atoms with Crippen molar-refractivity contribution >= 4 is 17.1 Å². The van der Waals surface area contributed by atoms with Crippen LogP contribution in [0.3, 0.4) is 0 Å². The fourth-order valence-electron chi connectivity index (χ4n) is 1.56. The minimum absolute atomic E-state index is 0.0713. The molecule has 2 aromatic rings. The maximum absolute atomic E-state index is 11.5. The van der Waals surface area contributed by atoms with Crippen molar-refractivity contribution in [1.82, 2.24) is 19.9 Å². The fourth-order valence-corrected chi connectivity index (χ4v) is 1.56. The molecule has 86 valence electrons. The van der Waals surface area contributed by atoms with E-state index in [0.717, 1.165) is 6.42 Å². The molecule has 2 aromatic heterocycles. The average Bonchev–Trinajstić information content (AvgIpc) is 2.62. The Bertz CT molecular complexity index is 557. The fraction of sp³-hybridized carbons (Fsp3) is 0.444. The lowest BCUT2D eigenvalue weighted by atomic mass is 10.1. The van der Waals surface area contributed by atoms with Crippen LogP contribution in [-0.4, -0.2) is 26.5 Å². The smallest absolute Gasteiger partial charge is 0.278 e. The van der Waals surface area contributed by atoms with Crippen LogP contribution in [-0.2, 0) is 0 Å². The van der Waals surface area contributed by atoms with E-state index in [0.29, 0.717) is 23.5 Å². The summed E-state index contributed by atoms with van der Waals surface area (Å²) in [6.45, 7) is 2.56. The van der Waals surface area contributed by atoms with Gasteiger partial charge in [0.1, 0.15) is 5.82 Å². The van der Waals surface area contributed by atoms with Gasteiger partial charge in [-0.1, -0.05) is 6.92 Å². The Hall–Kier alpha value is -1.89. The van der Waals surface area contributed by atoms with E-state index in [1.54, 1.807) is 0 Å². The molecule has 0 aliphatic heterocycles. The molecule has 0 saturated carbocycles. The zero-order chi connectivity index (χ0) is 11.7. The standard InChI is InChI=1S/C9H14N6O/c1-4(2-3-10)6-12-5-7(13-6)14-9(11)15-8(5)16/h4H,2-3,10H2,1H3,(H4,11,12,13,14,15,16). The minimum Gasteiger partial charge on any atom is -0.369 e. The van der Waals surface area contributed by atoms with Gasteiger partial charge in [-0.3, -0.25) is 9.78 Å². The molecule has 7 heteroatoms. The first-order valence-electron chi connectivity index (χ1n) is 5.07. The number of hydrogen-bond acceptors (Lipinski definition) is 5. The lowest BCUT2D eigenvalue weighted by Crippen LogP contribution is -2.11. The van der Waals surface area contributed by atoms with Crippen LogP contribution in [0.25, 0.3) is 11.2 Å². The maximum Gasteiger partial charge on any atom is 0.278 e. The number of aromatic nitrogens is 4. The Morgan fingerprint density at radius 3 is 2.81 bits per heavy atom. The highest BCUT2D eigenvalue weighted by Gasteiger charge is 2.13. The number of imidazole rings is 1. The molecule has 0 bridgehead atoms. The third kappa shape index (κ3) is 1.76. The van der Waals surface area contributed by atoms with Crippen molar-refractivity contribution in [3.8, 4) is 0 Å². The minimum atomic E-state index is -0.304. The van der Waals surface area contributed by atoms with Crippen LogP contribution in [0.5, 0.6) is 0 Å². The van der Waals surface area contributed by atoms with Gasteiger partial charge in [0.2, 0.25) is 5.95 Å². The molecule has 0 amide bonds. The zero-order valence-corrected chi connectivity index (χ0v) is 8.95. The van der Waals surface area contributed by atoms with Crippen molar-refractivity contribution in [3.63, 3.8) is 0 Å². The molecule has 2 rings (SSSR count). The molecule has 0 aromatic carbocycles. The van der Waals surface area contributed by atoms with Gasteiger partial charge in [-0.25, -0.2) is 4.98 Å². The molecule has 0 aliphatic carbocycles. The summed E-state index contributed by atoms with van der Waals surface area (Å²) in [5, 5.41) is 0. The molecule has 7 nitrogen and oxygen atoms in total.